The van der Waals surface area contributed by atoms with Crippen molar-refractivity contribution in [1.82, 2.24) is 10.3 Å². The van der Waals surface area contributed by atoms with Crippen molar-refractivity contribution >= 4 is 44.9 Å². The highest BCUT2D eigenvalue weighted by Crippen LogP contribution is 2.26. The van der Waals surface area contributed by atoms with Gasteiger partial charge in [-0.15, -0.1) is 23.1 Å². The van der Waals surface area contributed by atoms with E-state index in [0.717, 1.165) is 26.6 Å². The second-order valence-electron chi connectivity index (χ2n) is 5.33. The molecule has 134 valence electrons. The summed E-state index contributed by atoms with van der Waals surface area (Å²) in [6.45, 7) is 0.854. The van der Waals surface area contributed by atoms with E-state index in [-0.39, 0.29) is 5.91 Å². The van der Waals surface area contributed by atoms with Crippen LogP contribution in [0.1, 0.15) is 16.1 Å². The molecule has 0 aliphatic rings. The first-order valence-electron chi connectivity index (χ1n) is 7.98. The molecule has 0 aliphatic carbocycles. The molecule has 0 fully saturated rings. The molecule has 26 heavy (non-hydrogen) atoms. The van der Waals surface area contributed by atoms with Gasteiger partial charge in [0.05, 0.1) is 23.3 Å². The average Bonchev–Trinajstić information content (AvgIpc) is 3.17. The van der Waals surface area contributed by atoms with Crippen LogP contribution in [0.25, 0.3) is 0 Å². The van der Waals surface area contributed by atoms with Crippen molar-refractivity contribution in [3.63, 3.8) is 0 Å². The van der Waals surface area contributed by atoms with Crippen LogP contribution in [0.5, 0.6) is 5.75 Å². The Morgan fingerprint density at radius 2 is 2.12 bits per heavy atom. The highest BCUT2D eigenvalue weighted by atomic mass is 79.9. The number of halogens is 1. The van der Waals surface area contributed by atoms with Crippen molar-refractivity contribution in [3.05, 3.63) is 75.2 Å². The topological polar surface area (TPSA) is 51.2 Å². The molecule has 7 heteroatoms. The SMILES string of the molecule is O=C(NCCOc1cccc(Br)c1)c1ccccc1SCc1cscn1. The van der Waals surface area contributed by atoms with Gasteiger partial charge in [-0.2, -0.15) is 0 Å². The predicted molar refractivity (Wildman–Crippen MR) is 110 cm³/mol. The van der Waals surface area contributed by atoms with E-state index in [1.54, 1.807) is 23.1 Å². The van der Waals surface area contributed by atoms with Gasteiger partial charge in [0.25, 0.3) is 5.91 Å². The van der Waals surface area contributed by atoms with Gasteiger partial charge in [0.2, 0.25) is 0 Å². The molecule has 0 aliphatic heterocycles. The number of amides is 1. The molecular formula is C19H17BrN2O2S2. The molecule has 1 N–H and O–H groups in total. The van der Waals surface area contributed by atoms with E-state index in [4.69, 9.17) is 4.74 Å². The van der Waals surface area contributed by atoms with Crippen LogP contribution in [-0.2, 0) is 5.75 Å². The van der Waals surface area contributed by atoms with Crippen molar-refractivity contribution in [2.45, 2.75) is 10.6 Å². The number of ether oxygens (including phenoxy) is 1. The molecule has 0 bridgehead atoms. The van der Waals surface area contributed by atoms with Gasteiger partial charge >= 0.3 is 0 Å². The highest BCUT2D eigenvalue weighted by Gasteiger charge is 2.11. The van der Waals surface area contributed by atoms with E-state index < -0.39 is 0 Å². The molecule has 4 nitrogen and oxygen atoms in total. The number of nitrogens with zero attached hydrogens (tertiary/aromatic N) is 1. The lowest BCUT2D eigenvalue weighted by Crippen LogP contribution is -2.28. The third kappa shape index (κ3) is 5.59. The number of hydrogen-bond acceptors (Lipinski definition) is 5. The third-order valence-corrected chi connectivity index (χ3v) is 5.68. The van der Waals surface area contributed by atoms with Crippen LogP contribution in [0.2, 0.25) is 0 Å². The second kappa shape index (κ2) is 9.75. The highest BCUT2D eigenvalue weighted by molar-refractivity contribution is 9.10. The van der Waals surface area contributed by atoms with E-state index in [0.29, 0.717) is 18.7 Å². The van der Waals surface area contributed by atoms with Gasteiger partial charge in [0, 0.05) is 20.5 Å². The zero-order chi connectivity index (χ0) is 18.2. The first-order chi connectivity index (χ1) is 12.7. The molecule has 0 unspecified atom stereocenters. The smallest absolute Gasteiger partial charge is 0.252 e. The van der Waals surface area contributed by atoms with Crippen LogP contribution in [0.15, 0.2) is 68.8 Å². The third-order valence-electron chi connectivity index (χ3n) is 3.44. The minimum atomic E-state index is -0.0933. The van der Waals surface area contributed by atoms with Crippen LogP contribution in [-0.4, -0.2) is 24.0 Å². The second-order valence-corrected chi connectivity index (χ2v) is 7.98. The molecule has 0 atom stereocenters. The van der Waals surface area contributed by atoms with Crippen LogP contribution in [0, 0.1) is 0 Å². The first-order valence-corrected chi connectivity index (χ1v) is 10.7. The summed E-state index contributed by atoms with van der Waals surface area (Å²) in [5.41, 5.74) is 3.52. The van der Waals surface area contributed by atoms with E-state index in [2.05, 4.69) is 26.2 Å². The standard InChI is InChI=1S/C19H17BrN2O2S2/c20-14-4-3-5-16(10-14)24-9-8-21-19(23)17-6-1-2-7-18(17)26-12-15-11-25-13-22-15/h1-7,10-11,13H,8-9,12H2,(H,21,23). The summed E-state index contributed by atoms with van der Waals surface area (Å²) in [6.07, 6.45) is 0. The largest absolute Gasteiger partial charge is 0.492 e. The minimum Gasteiger partial charge on any atom is -0.492 e. The molecule has 0 saturated carbocycles. The number of hydrogen-bond donors (Lipinski definition) is 1. The number of thioether (sulfide) groups is 1. The minimum absolute atomic E-state index is 0.0933. The Labute approximate surface area is 169 Å². The molecule has 0 saturated heterocycles. The Kier molecular flexibility index (Phi) is 7.11. The molecule has 3 rings (SSSR count). The summed E-state index contributed by atoms with van der Waals surface area (Å²) < 4.78 is 6.61. The molecule has 1 heterocycles. The van der Waals surface area contributed by atoms with Crippen LogP contribution >= 0.6 is 39.0 Å². The van der Waals surface area contributed by atoms with Gasteiger partial charge in [-0.3, -0.25) is 4.79 Å². The fraction of sp³-hybridized carbons (Fsp3) is 0.158. The number of carbonyl (C=O) groups is 1. The van der Waals surface area contributed by atoms with Gasteiger partial charge < -0.3 is 10.1 Å². The monoisotopic (exact) mass is 448 g/mol. The molecular weight excluding hydrogens is 432 g/mol. The summed E-state index contributed by atoms with van der Waals surface area (Å²) >= 11 is 6.60. The molecule has 1 aromatic heterocycles. The van der Waals surface area contributed by atoms with E-state index in [1.807, 2.05) is 59.4 Å². The fourth-order valence-corrected chi connectivity index (χ4v) is 4.22. The Bertz CT molecular complexity index is 856. The van der Waals surface area contributed by atoms with Crippen LogP contribution in [0.3, 0.4) is 0 Å². The van der Waals surface area contributed by atoms with Crippen molar-refractivity contribution in [2.75, 3.05) is 13.2 Å². The quantitative estimate of drug-likeness (QED) is 0.388. The zero-order valence-corrected chi connectivity index (χ0v) is 17.1. The molecule has 0 spiro atoms. The summed E-state index contributed by atoms with van der Waals surface area (Å²) in [4.78, 5) is 17.7. The Hall–Kier alpha value is -1.83. The Balaban J connectivity index is 1.51. The normalized spacial score (nSPS) is 10.5. The predicted octanol–water partition coefficient (Wildman–Crippen LogP) is 5.01. The van der Waals surface area contributed by atoms with Crippen molar-refractivity contribution in [1.29, 1.82) is 0 Å². The number of thiazole rings is 1. The van der Waals surface area contributed by atoms with Gasteiger partial charge in [-0.25, -0.2) is 4.98 Å². The maximum absolute atomic E-state index is 12.5. The van der Waals surface area contributed by atoms with Gasteiger partial charge in [0.15, 0.2) is 0 Å². The Morgan fingerprint density at radius 1 is 1.23 bits per heavy atom. The molecule has 0 radical (unpaired) electrons. The van der Waals surface area contributed by atoms with Crippen LogP contribution < -0.4 is 10.1 Å². The number of carbonyl (C=O) groups excluding carboxylic acids is 1. The summed E-state index contributed by atoms with van der Waals surface area (Å²) in [5, 5.41) is 4.94. The van der Waals surface area contributed by atoms with Gasteiger partial charge in [0.1, 0.15) is 12.4 Å². The number of benzene rings is 2. The molecule has 3 aromatic rings. The average molecular weight is 449 g/mol. The van der Waals surface area contributed by atoms with E-state index >= 15 is 0 Å². The Morgan fingerprint density at radius 3 is 2.92 bits per heavy atom. The number of nitrogens with one attached hydrogen (secondary N) is 1. The number of aromatic nitrogens is 1. The zero-order valence-electron chi connectivity index (χ0n) is 13.9. The summed E-state index contributed by atoms with van der Waals surface area (Å²) in [5.74, 6) is 1.43. The van der Waals surface area contributed by atoms with Crippen molar-refractivity contribution in [2.24, 2.45) is 0 Å². The van der Waals surface area contributed by atoms with Gasteiger partial charge in [-0.1, -0.05) is 34.1 Å². The lowest BCUT2D eigenvalue weighted by atomic mass is 10.2. The van der Waals surface area contributed by atoms with E-state index in [9.17, 15) is 4.79 Å². The maximum atomic E-state index is 12.5. The van der Waals surface area contributed by atoms with E-state index in [1.165, 1.54) is 0 Å². The fourth-order valence-electron chi connectivity index (χ4n) is 2.23. The summed E-state index contributed by atoms with van der Waals surface area (Å²) in [6, 6.07) is 15.3. The lowest BCUT2D eigenvalue weighted by Gasteiger charge is -2.10. The number of rotatable bonds is 8. The molecule has 1 amide bonds. The van der Waals surface area contributed by atoms with Crippen molar-refractivity contribution in [3.8, 4) is 5.75 Å². The van der Waals surface area contributed by atoms with Crippen LogP contribution in [0.4, 0.5) is 0 Å². The summed E-state index contributed by atoms with van der Waals surface area (Å²) in [7, 11) is 0. The maximum Gasteiger partial charge on any atom is 0.252 e. The molecule has 2 aromatic carbocycles. The first kappa shape index (κ1) is 18.9. The lowest BCUT2D eigenvalue weighted by molar-refractivity contribution is 0.0944. The van der Waals surface area contributed by atoms with Gasteiger partial charge in [-0.05, 0) is 30.3 Å². The van der Waals surface area contributed by atoms with Crippen molar-refractivity contribution < 1.29 is 9.53 Å².